The van der Waals surface area contributed by atoms with Gasteiger partial charge in [-0.3, -0.25) is 5.41 Å². The van der Waals surface area contributed by atoms with Crippen molar-refractivity contribution in [1.82, 2.24) is 0 Å². The van der Waals surface area contributed by atoms with Crippen molar-refractivity contribution in [3.8, 4) is 6.07 Å². The third-order valence-corrected chi connectivity index (χ3v) is 4.56. The van der Waals surface area contributed by atoms with Crippen molar-refractivity contribution in [3.05, 3.63) is 33.3 Å². The highest BCUT2D eigenvalue weighted by Gasteiger charge is 2.27. The van der Waals surface area contributed by atoms with Gasteiger partial charge in [0.2, 0.25) is 0 Å². The molecule has 0 saturated carbocycles. The van der Waals surface area contributed by atoms with Gasteiger partial charge in [0.05, 0.1) is 24.0 Å². The predicted octanol–water partition coefficient (Wildman–Crippen LogP) is 5.91. The van der Waals surface area contributed by atoms with Gasteiger partial charge in [0, 0.05) is 15.9 Å². The maximum atomic E-state index is 9.30. The normalized spacial score (nSPS) is 12.6. The highest BCUT2D eigenvalue weighted by molar-refractivity contribution is 6.34. The summed E-state index contributed by atoms with van der Waals surface area (Å²) < 4.78 is 5.36. The van der Waals surface area contributed by atoms with Crippen molar-refractivity contribution in [1.29, 1.82) is 10.7 Å². The number of nitrogens with zero attached hydrogens (tertiary/aromatic N) is 1. The zero-order valence-corrected chi connectivity index (χ0v) is 15.8. The molecule has 1 aromatic rings. The Labute approximate surface area is 153 Å². The maximum absolute atomic E-state index is 9.30. The first-order valence-electron chi connectivity index (χ1n) is 7.46. The van der Waals surface area contributed by atoms with E-state index in [1.54, 1.807) is 26.0 Å². The number of ether oxygens (including phenoxy) is 1. The average molecular weight is 376 g/mol. The second kappa shape index (κ2) is 8.78. The van der Waals surface area contributed by atoms with Crippen LogP contribution in [0.25, 0.3) is 0 Å². The van der Waals surface area contributed by atoms with E-state index in [0.29, 0.717) is 34.5 Å². The van der Waals surface area contributed by atoms with E-state index in [1.807, 2.05) is 6.92 Å². The Morgan fingerprint density at radius 1 is 1.35 bits per heavy atom. The van der Waals surface area contributed by atoms with Crippen LogP contribution in [0.3, 0.4) is 0 Å². The van der Waals surface area contributed by atoms with Crippen LogP contribution in [0.1, 0.15) is 50.7 Å². The minimum Gasteiger partial charge on any atom is -0.481 e. The lowest BCUT2D eigenvalue weighted by Gasteiger charge is -2.23. The second-order valence-electron chi connectivity index (χ2n) is 5.77. The van der Waals surface area contributed by atoms with Gasteiger partial charge in [0.15, 0.2) is 5.90 Å². The molecule has 0 saturated heterocycles. The molecule has 0 aliphatic carbocycles. The molecule has 0 aliphatic heterocycles. The Balaban J connectivity index is 3.31. The van der Waals surface area contributed by atoms with E-state index in [2.05, 4.69) is 6.07 Å². The number of halogens is 3. The average Bonchev–Trinajstić information content (AvgIpc) is 2.50. The smallest absolute Gasteiger partial charge is 0.188 e. The van der Waals surface area contributed by atoms with Gasteiger partial charge in [-0.05, 0) is 56.9 Å². The van der Waals surface area contributed by atoms with Crippen LogP contribution in [-0.4, -0.2) is 18.4 Å². The Morgan fingerprint density at radius 3 is 2.52 bits per heavy atom. The fourth-order valence-corrected chi connectivity index (χ4v) is 3.19. The third-order valence-electron chi connectivity index (χ3n) is 3.66. The van der Waals surface area contributed by atoms with Crippen LogP contribution >= 0.6 is 34.8 Å². The summed E-state index contributed by atoms with van der Waals surface area (Å²) in [5, 5.41) is 18.4. The molecule has 1 N–H and O–H groups in total. The molecule has 0 fully saturated rings. The lowest BCUT2D eigenvalue weighted by molar-refractivity contribution is 0.305. The molecule has 1 atom stereocenters. The summed E-state index contributed by atoms with van der Waals surface area (Å²) in [5.41, 5.74) is 0.672. The highest BCUT2D eigenvalue weighted by atomic mass is 35.5. The standard InChI is InChI=1S/C17H21Cl3N2O/c1-4-23-16(22)11(6-5-7-18)12-8-15(20)13(9-14(12)19)17(2,3)10-21/h8-9,11,22H,4-7H2,1-3H3. The Morgan fingerprint density at radius 2 is 2.00 bits per heavy atom. The van der Waals surface area contributed by atoms with Crippen molar-refractivity contribution in [3.63, 3.8) is 0 Å². The summed E-state index contributed by atoms with van der Waals surface area (Å²) in [4.78, 5) is 0. The number of nitriles is 1. The fourth-order valence-electron chi connectivity index (χ4n) is 2.33. The molecule has 0 bridgehead atoms. The minimum atomic E-state index is -0.738. The van der Waals surface area contributed by atoms with E-state index < -0.39 is 5.41 Å². The van der Waals surface area contributed by atoms with Crippen molar-refractivity contribution in [2.24, 2.45) is 0 Å². The largest absolute Gasteiger partial charge is 0.481 e. The molecule has 126 valence electrons. The number of rotatable bonds is 7. The maximum Gasteiger partial charge on any atom is 0.188 e. The van der Waals surface area contributed by atoms with Gasteiger partial charge >= 0.3 is 0 Å². The van der Waals surface area contributed by atoms with Crippen LogP contribution in [0.2, 0.25) is 10.0 Å². The Kier molecular flexibility index (Phi) is 7.67. The zero-order valence-electron chi connectivity index (χ0n) is 13.5. The van der Waals surface area contributed by atoms with Gasteiger partial charge in [-0.1, -0.05) is 23.2 Å². The van der Waals surface area contributed by atoms with Crippen LogP contribution < -0.4 is 0 Å². The first-order valence-corrected chi connectivity index (χ1v) is 8.75. The highest BCUT2D eigenvalue weighted by Crippen LogP contribution is 2.38. The van der Waals surface area contributed by atoms with E-state index in [-0.39, 0.29) is 11.8 Å². The molecular formula is C17H21Cl3N2O. The molecule has 3 nitrogen and oxygen atoms in total. The minimum absolute atomic E-state index is 0.155. The number of benzene rings is 1. The quantitative estimate of drug-likeness (QED) is 0.366. The zero-order chi connectivity index (χ0) is 17.6. The summed E-state index contributed by atoms with van der Waals surface area (Å²) in [6.45, 7) is 5.83. The van der Waals surface area contributed by atoms with Crippen molar-refractivity contribution < 1.29 is 4.74 Å². The molecule has 1 aromatic carbocycles. The molecule has 0 aliphatic rings. The Bertz CT molecular complexity index is 609. The van der Waals surface area contributed by atoms with Crippen LogP contribution in [0.4, 0.5) is 0 Å². The molecule has 1 rings (SSSR count). The molecule has 23 heavy (non-hydrogen) atoms. The first-order chi connectivity index (χ1) is 10.8. The van der Waals surface area contributed by atoms with Crippen LogP contribution in [0.15, 0.2) is 12.1 Å². The summed E-state index contributed by atoms with van der Waals surface area (Å²) in [6, 6.07) is 5.68. The van der Waals surface area contributed by atoms with Gasteiger partial charge in [-0.25, -0.2) is 0 Å². The summed E-state index contributed by atoms with van der Waals surface area (Å²) in [5.74, 6) is 0.363. The van der Waals surface area contributed by atoms with E-state index in [1.165, 1.54) is 0 Å². The lowest BCUT2D eigenvalue weighted by Crippen LogP contribution is -2.18. The first kappa shape index (κ1) is 20.1. The molecule has 0 aromatic heterocycles. The number of alkyl halides is 1. The van der Waals surface area contributed by atoms with E-state index >= 15 is 0 Å². The topological polar surface area (TPSA) is 56.9 Å². The number of nitrogens with one attached hydrogen (secondary N) is 1. The molecule has 0 amide bonds. The van der Waals surface area contributed by atoms with E-state index in [4.69, 9.17) is 44.9 Å². The monoisotopic (exact) mass is 374 g/mol. The van der Waals surface area contributed by atoms with E-state index in [0.717, 1.165) is 12.0 Å². The third kappa shape index (κ3) is 5.01. The lowest BCUT2D eigenvalue weighted by atomic mass is 9.84. The number of hydrogen-bond acceptors (Lipinski definition) is 3. The predicted molar refractivity (Wildman–Crippen MR) is 97.1 cm³/mol. The summed E-state index contributed by atoms with van der Waals surface area (Å²) in [6.07, 6.45) is 1.39. The van der Waals surface area contributed by atoms with Gasteiger partial charge in [-0.15, -0.1) is 11.6 Å². The number of hydrogen-bond donors (Lipinski definition) is 1. The SMILES string of the molecule is CCOC(=N)C(CCCCl)c1cc(Cl)c(C(C)(C)C#N)cc1Cl. The van der Waals surface area contributed by atoms with Crippen molar-refractivity contribution in [2.45, 2.75) is 44.9 Å². The molecule has 6 heteroatoms. The summed E-state index contributed by atoms with van der Waals surface area (Å²) in [7, 11) is 0. The van der Waals surface area contributed by atoms with E-state index in [9.17, 15) is 5.26 Å². The van der Waals surface area contributed by atoms with Crippen LogP contribution in [0.5, 0.6) is 0 Å². The second-order valence-corrected chi connectivity index (χ2v) is 6.96. The molecule has 0 heterocycles. The van der Waals surface area contributed by atoms with Crippen LogP contribution in [-0.2, 0) is 10.2 Å². The molecule has 0 spiro atoms. The molecule has 1 unspecified atom stereocenters. The van der Waals surface area contributed by atoms with Gasteiger partial charge < -0.3 is 4.74 Å². The molecule has 0 radical (unpaired) electrons. The molecular weight excluding hydrogens is 355 g/mol. The van der Waals surface area contributed by atoms with Gasteiger partial charge in [0.25, 0.3) is 0 Å². The van der Waals surface area contributed by atoms with Gasteiger partial charge in [-0.2, -0.15) is 5.26 Å². The summed E-state index contributed by atoms with van der Waals surface area (Å²) >= 11 is 18.6. The van der Waals surface area contributed by atoms with Crippen molar-refractivity contribution >= 4 is 40.7 Å². The Hall–Kier alpha value is -0.950. The van der Waals surface area contributed by atoms with Gasteiger partial charge in [0.1, 0.15) is 0 Å². The fraction of sp³-hybridized carbons (Fsp3) is 0.529. The van der Waals surface area contributed by atoms with Crippen LogP contribution in [0, 0.1) is 16.7 Å². The van der Waals surface area contributed by atoms with Crippen molar-refractivity contribution in [2.75, 3.05) is 12.5 Å².